The number of nitrogens with zero attached hydrogens (tertiary/aromatic N) is 3. The van der Waals surface area contributed by atoms with Gasteiger partial charge in [0.15, 0.2) is 0 Å². The van der Waals surface area contributed by atoms with Gasteiger partial charge in [-0.15, -0.1) is 16.4 Å². The minimum Gasteiger partial charge on any atom is -0.496 e. The molecule has 2 heterocycles. The number of aliphatic hydroxyl groups is 1. The second-order valence-corrected chi connectivity index (χ2v) is 5.14. The van der Waals surface area contributed by atoms with Gasteiger partial charge >= 0.3 is 0 Å². The van der Waals surface area contributed by atoms with Crippen molar-refractivity contribution >= 4 is 11.3 Å². The Kier molecular flexibility index (Phi) is 3.49. The van der Waals surface area contributed by atoms with Gasteiger partial charge in [-0.2, -0.15) is 0 Å². The highest BCUT2D eigenvalue weighted by Crippen LogP contribution is 2.31. The molecule has 102 valence electrons. The molecule has 3 rings (SSSR count). The van der Waals surface area contributed by atoms with Gasteiger partial charge in [0.05, 0.1) is 24.7 Å². The molecule has 0 saturated carbocycles. The first kappa shape index (κ1) is 12.8. The fourth-order valence-corrected chi connectivity index (χ4v) is 2.78. The van der Waals surface area contributed by atoms with Crippen LogP contribution < -0.4 is 4.74 Å². The molecule has 0 amide bonds. The molecule has 0 aliphatic heterocycles. The Hall–Kier alpha value is -2.18. The molecule has 0 aliphatic carbocycles. The lowest BCUT2D eigenvalue weighted by atomic mass is 10.2. The Balaban J connectivity index is 1.97. The van der Waals surface area contributed by atoms with Crippen LogP contribution in [-0.4, -0.2) is 27.2 Å². The van der Waals surface area contributed by atoms with Gasteiger partial charge in [-0.3, -0.25) is 0 Å². The molecule has 5 nitrogen and oxygen atoms in total. The molecular weight excluding hydrogens is 274 g/mol. The van der Waals surface area contributed by atoms with Crippen LogP contribution in [0.1, 0.15) is 16.7 Å². The lowest BCUT2D eigenvalue weighted by molar-refractivity contribution is 0.215. The second kappa shape index (κ2) is 5.44. The van der Waals surface area contributed by atoms with Crippen molar-refractivity contribution < 1.29 is 9.84 Å². The standard InChI is InChI=1S/C14H13N3O2S/c1-19-11-7-13(20-9-11)14(18)12-8-15-16-17(12)10-5-3-2-4-6-10/h2-9,14,18H,1H3. The molecule has 20 heavy (non-hydrogen) atoms. The molecule has 0 saturated heterocycles. The quantitative estimate of drug-likeness (QED) is 0.800. The number of hydrogen-bond donors (Lipinski definition) is 1. The van der Waals surface area contributed by atoms with E-state index in [1.165, 1.54) is 11.3 Å². The normalized spacial score (nSPS) is 12.3. The van der Waals surface area contributed by atoms with Crippen LogP contribution in [0.4, 0.5) is 0 Å². The number of benzene rings is 1. The van der Waals surface area contributed by atoms with Gasteiger partial charge in [0.25, 0.3) is 0 Å². The highest BCUT2D eigenvalue weighted by molar-refractivity contribution is 7.10. The van der Waals surface area contributed by atoms with Crippen LogP contribution in [0.5, 0.6) is 5.75 Å². The van der Waals surface area contributed by atoms with E-state index in [2.05, 4.69) is 10.3 Å². The van der Waals surface area contributed by atoms with E-state index < -0.39 is 6.10 Å². The zero-order valence-corrected chi connectivity index (χ0v) is 11.6. The maximum absolute atomic E-state index is 10.5. The fraction of sp³-hybridized carbons (Fsp3) is 0.143. The van der Waals surface area contributed by atoms with Gasteiger partial charge < -0.3 is 9.84 Å². The number of aliphatic hydroxyl groups excluding tert-OH is 1. The summed E-state index contributed by atoms with van der Waals surface area (Å²) >= 11 is 1.44. The monoisotopic (exact) mass is 287 g/mol. The first-order chi connectivity index (χ1) is 9.79. The number of thiophene rings is 1. The van der Waals surface area contributed by atoms with Crippen molar-refractivity contribution in [3.8, 4) is 11.4 Å². The van der Waals surface area contributed by atoms with Crippen molar-refractivity contribution in [1.29, 1.82) is 0 Å². The van der Waals surface area contributed by atoms with Crippen LogP contribution in [-0.2, 0) is 0 Å². The van der Waals surface area contributed by atoms with Crippen molar-refractivity contribution in [1.82, 2.24) is 15.0 Å². The van der Waals surface area contributed by atoms with Crippen molar-refractivity contribution in [2.75, 3.05) is 7.11 Å². The molecule has 0 fully saturated rings. The average Bonchev–Trinajstić information content (AvgIpc) is 3.16. The predicted molar refractivity (Wildman–Crippen MR) is 76.3 cm³/mol. The number of hydrogen-bond acceptors (Lipinski definition) is 5. The van der Waals surface area contributed by atoms with Gasteiger partial charge in [-0.05, 0) is 18.2 Å². The van der Waals surface area contributed by atoms with E-state index in [0.717, 1.165) is 16.3 Å². The summed E-state index contributed by atoms with van der Waals surface area (Å²) in [7, 11) is 1.61. The molecule has 3 aromatic rings. The Labute approximate surface area is 120 Å². The number of ether oxygens (including phenoxy) is 1. The maximum Gasteiger partial charge on any atom is 0.132 e. The third kappa shape index (κ3) is 2.31. The van der Waals surface area contributed by atoms with E-state index >= 15 is 0 Å². The van der Waals surface area contributed by atoms with Gasteiger partial charge in [0.1, 0.15) is 11.9 Å². The Morgan fingerprint density at radius 3 is 2.80 bits per heavy atom. The highest BCUT2D eigenvalue weighted by Gasteiger charge is 2.19. The van der Waals surface area contributed by atoms with Crippen LogP contribution in [0.15, 0.2) is 48.0 Å². The molecule has 1 N–H and O–H groups in total. The van der Waals surface area contributed by atoms with Gasteiger partial charge in [0, 0.05) is 10.3 Å². The van der Waals surface area contributed by atoms with E-state index in [-0.39, 0.29) is 0 Å². The Bertz CT molecular complexity index is 693. The zero-order valence-electron chi connectivity index (χ0n) is 10.8. The van der Waals surface area contributed by atoms with Crippen molar-refractivity contribution in [2.45, 2.75) is 6.10 Å². The summed E-state index contributed by atoms with van der Waals surface area (Å²) in [4.78, 5) is 0.793. The molecule has 6 heteroatoms. The van der Waals surface area contributed by atoms with Crippen LogP contribution in [0, 0.1) is 0 Å². The molecule has 0 spiro atoms. The van der Waals surface area contributed by atoms with E-state index in [0.29, 0.717) is 5.69 Å². The first-order valence-electron chi connectivity index (χ1n) is 6.06. The molecule has 2 aromatic heterocycles. The van der Waals surface area contributed by atoms with E-state index in [9.17, 15) is 5.11 Å². The number of rotatable bonds is 4. The molecule has 1 aromatic carbocycles. The number of methoxy groups -OCH3 is 1. The zero-order chi connectivity index (χ0) is 13.9. The summed E-state index contributed by atoms with van der Waals surface area (Å²) in [5.41, 5.74) is 1.49. The van der Waals surface area contributed by atoms with E-state index in [4.69, 9.17) is 4.74 Å². The molecule has 1 unspecified atom stereocenters. The Morgan fingerprint density at radius 1 is 1.30 bits per heavy atom. The molecule has 0 radical (unpaired) electrons. The number of para-hydroxylation sites is 1. The third-order valence-electron chi connectivity index (χ3n) is 2.96. The molecule has 0 aliphatic rings. The Morgan fingerprint density at radius 2 is 2.10 bits per heavy atom. The SMILES string of the molecule is COc1csc(C(O)c2cnnn2-c2ccccc2)c1. The number of aromatic nitrogens is 3. The smallest absolute Gasteiger partial charge is 0.132 e. The van der Waals surface area contributed by atoms with E-state index in [1.807, 2.05) is 41.8 Å². The fourth-order valence-electron chi connectivity index (χ4n) is 1.93. The summed E-state index contributed by atoms with van der Waals surface area (Å²) in [6, 6.07) is 11.4. The topological polar surface area (TPSA) is 60.2 Å². The second-order valence-electron chi connectivity index (χ2n) is 4.20. The maximum atomic E-state index is 10.5. The summed E-state index contributed by atoms with van der Waals surface area (Å²) in [6.45, 7) is 0. The molecule has 1 atom stereocenters. The lowest BCUT2D eigenvalue weighted by Crippen LogP contribution is -2.07. The highest BCUT2D eigenvalue weighted by atomic mass is 32.1. The van der Waals surface area contributed by atoms with Crippen LogP contribution in [0.3, 0.4) is 0 Å². The summed E-state index contributed by atoms with van der Waals surface area (Å²) < 4.78 is 6.77. The largest absolute Gasteiger partial charge is 0.496 e. The van der Waals surface area contributed by atoms with Crippen molar-refractivity contribution in [2.24, 2.45) is 0 Å². The van der Waals surface area contributed by atoms with Gasteiger partial charge in [-0.25, -0.2) is 4.68 Å². The van der Waals surface area contributed by atoms with Gasteiger partial charge in [0.2, 0.25) is 0 Å². The summed E-state index contributed by atoms with van der Waals surface area (Å²) in [5, 5.41) is 20.3. The van der Waals surface area contributed by atoms with Crippen LogP contribution in [0.25, 0.3) is 5.69 Å². The summed E-state index contributed by atoms with van der Waals surface area (Å²) in [5.74, 6) is 0.739. The average molecular weight is 287 g/mol. The van der Waals surface area contributed by atoms with Crippen LogP contribution in [0.2, 0.25) is 0 Å². The van der Waals surface area contributed by atoms with Gasteiger partial charge in [-0.1, -0.05) is 23.4 Å². The predicted octanol–water partition coefficient (Wildman–Crippen LogP) is 2.42. The van der Waals surface area contributed by atoms with E-state index in [1.54, 1.807) is 18.0 Å². The van der Waals surface area contributed by atoms with Crippen molar-refractivity contribution in [3.63, 3.8) is 0 Å². The molecule has 0 bridgehead atoms. The third-order valence-corrected chi connectivity index (χ3v) is 3.92. The van der Waals surface area contributed by atoms with Crippen LogP contribution >= 0.6 is 11.3 Å². The van der Waals surface area contributed by atoms with Crippen molar-refractivity contribution in [3.05, 3.63) is 58.5 Å². The minimum absolute atomic E-state index is 0.626. The molecular formula is C14H13N3O2S. The first-order valence-corrected chi connectivity index (χ1v) is 6.94. The lowest BCUT2D eigenvalue weighted by Gasteiger charge is -2.10. The summed E-state index contributed by atoms with van der Waals surface area (Å²) in [6.07, 6.45) is 0.795. The minimum atomic E-state index is -0.779.